The molecule has 1 aliphatic carbocycles. The second-order valence-corrected chi connectivity index (χ2v) is 4.47. The molecule has 2 rings (SSSR count). The zero-order chi connectivity index (χ0) is 11.4. The Labute approximate surface area is 97.3 Å². The molecular weight excluding hydrogens is 200 g/mol. The van der Waals surface area contributed by atoms with Crippen molar-refractivity contribution in [1.29, 1.82) is 0 Å². The molecule has 16 heavy (non-hydrogen) atoms. The first-order valence-corrected chi connectivity index (χ1v) is 6.17. The van der Waals surface area contributed by atoms with Gasteiger partial charge in [0.05, 0.1) is 6.10 Å². The Kier molecular flexibility index (Phi) is 3.97. The zero-order valence-corrected chi connectivity index (χ0v) is 9.80. The van der Waals surface area contributed by atoms with E-state index in [1.165, 1.54) is 6.42 Å². The quantitative estimate of drug-likeness (QED) is 0.826. The summed E-state index contributed by atoms with van der Waals surface area (Å²) in [6, 6.07) is 10.0. The van der Waals surface area contributed by atoms with Gasteiger partial charge in [-0.15, -0.1) is 0 Å². The van der Waals surface area contributed by atoms with E-state index >= 15 is 0 Å². The van der Waals surface area contributed by atoms with Crippen LogP contribution >= 0.6 is 0 Å². The van der Waals surface area contributed by atoms with Crippen molar-refractivity contribution in [2.45, 2.75) is 38.4 Å². The van der Waals surface area contributed by atoms with Crippen molar-refractivity contribution in [3.8, 4) is 0 Å². The highest BCUT2D eigenvalue weighted by Gasteiger charge is 2.32. The highest BCUT2D eigenvalue weighted by Crippen LogP contribution is 2.36. The standard InChI is InChI=1S/C14H20O2/c1-2-16-14(12-7-4-3-5-8-12)13(15)11-9-6-10-11/h3-5,7-8,11,13-15H,2,6,9-10H2,1H3. The molecule has 2 heteroatoms. The van der Waals surface area contributed by atoms with E-state index in [1.54, 1.807) is 0 Å². The van der Waals surface area contributed by atoms with Crippen molar-refractivity contribution < 1.29 is 9.84 Å². The Bertz CT molecular complexity index is 306. The fourth-order valence-electron chi connectivity index (χ4n) is 2.24. The SMILES string of the molecule is CCOC(c1ccccc1)C(O)C1CCC1. The molecule has 0 spiro atoms. The highest BCUT2D eigenvalue weighted by molar-refractivity contribution is 5.19. The van der Waals surface area contributed by atoms with E-state index in [-0.39, 0.29) is 12.2 Å². The van der Waals surface area contributed by atoms with Crippen LogP contribution in [0.5, 0.6) is 0 Å². The van der Waals surface area contributed by atoms with Crippen molar-refractivity contribution in [1.82, 2.24) is 0 Å². The fraction of sp³-hybridized carbons (Fsp3) is 0.571. The van der Waals surface area contributed by atoms with E-state index < -0.39 is 0 Å². The van der Waals surface area contributed by atoms with Crippen LogP contribution in [0.2, 0.25) is 0 Å². The molecule has 0 saturated heterocycles. The Hall–Kier alpha value is -0.860. The second kappa shape index (κ2) is 5.46. The van der Waals surface area contributed by atoms with Crippen LogP contribution in [0.1, 0.15) is 37.9 Å². The Morgan fingerprint density at radius 1 is 1.31 bits per heavy atom. The van der Waals surface area contributed by atoms with Crippen LogP contribution in [0.25, 0.3) is 0 Å². The molecule has 0 heterocycles. The molecule has 0 radical (unpaired) electrons. The number of benzene rings is 1. The maximum atomic E-state index is 10.3. The molecule has 1 saturated carbocycles. The van der Waals surface area contributed by atoms with E-state index in [0.717, 1.165) is 18.4 Å². The van der Waals surface area contributed by atoms with Gasteiger partial charge in [0.15, 0.2) is 0 Å². The maximum absolute atomic E-state index is 10.3. The van der Waals surface area contributed by atoms with E-state index in [2.05, 4.69) is 0 Å². The first kappa shape index (κ1) is 11.6. The summed E-state index contributed by atoms with van der Waals surface area (Å²) in [5, 5.41) is 10.3. The number of rotatable bonds is 5. The van der Waals surface area contributed by atoms with E-state index in [4.69, 9.17) is 4.74 Å². The van der Waals surface area contributed by atoms with Gasteiger partial charge in [0.25, 0.3) is 0 Å². The van der Waals surface area contributed by atoms with Crippen molar-refractivity contribution >= 4 is 0 Å². The minimum Gasteiger partial charge on any atom is -0.390 e. The summed E-state index contributed by atoms with van der Waals surface area (Å²) in [5.41, 5.74) is 1.09. The predicted molar refractivity (Wildman–Crippen MR) is 64.2 cm³/mol. The number of hydrogen-bond acceptors (Lipinski definition) is 2. The molecule has 1 aromatic rings. The monoisotopic (exact) mass is 220 g/mol. The Balaban J connectivity index is 2.09. The Morgan fingerprint density at radius 2 is 2.00 bits per heavy atom. The van der Waals surface area contributed by atoms with Gasteiger partial charge < -0.3 is 9.84 Å². The number of aliphatic hydroxyl groups is 1. The summed E-state index contributed by atoms with van der Waals surface area (Å²) >= 11 is 0. The van der Waals surface area contributed by atoms with Gasteiger partial charge in [0.1, 0.15) is 6.10 Å². The second-order valence-electron chi connectivity index (χ2n) is 4.47. The van der Waals surface area contributed by atoms with Gasteiger partial charge in [-0.1, -0.05) is 36.8 Å². The molecule has 2 unspecified atom stereocenters. The van der Waals surface area contributed by atoms with Crippen molar-refractivity contribution in [3.63, 3.8) is 0 Å². The van der Waals surface area contributed by atoms with E-state index in [0.29, 0.717) is 12.5 Å². The highest BCUT2D eigenvalue weighted by atomic mass is 16.5. The van der Waals surface area contributed by atoms with Crippen molar-refractivity contribution in [3.05, 3.63) is 35.9 Å². The topological polar surface area (TPSA) is 29.5 Å². The van der Waals surface area contributed by atoms with Crippen molar-refractivity contribution in [2.75, 3.05) is 6.61 Å². The van der Waals surface area contributed by atoms with Crippen LogP contribution in [0.15, 0.2) is 30.3 Å². The average molecular weight is 220 g/mol. The lowest BCUT2D eigenvalue weighted by Gasteiger charge is -2.35. The summed E-state index contributed by atoms with van der Waals surface area (Å²) in [6.07, 6.45) is 3.01. The maximum Gasteiger partial charge on any atom is 0.109 e. The van der Waals surface area contributed by atoms with Gasteiger partial charge in [0.2, 0.25) is 0 Å². The van der Waals surface area contributed by atoms with Crippen LogP contribution in [-0.4, -0.2) is 17.8 Å². The van der Waals surface area contributed by atoms with Crippen LogP contribution in [0.3, 0.4) is 0 Å². The lowest BCUT2D eigenvalue weighted by Crippen LogP contribution is -2.33. The Morgan fingerprint density at radius 3 is 2.50 bits per heavy atom. The molecule has 0 aromatic heterocycles. The molecule has 0 bridgehead atoms. The summed E-state index contributed by atoms with van der Waals surface area (Å²) < 4.78 is 5.70. The summed E-state index contributed by atoms with van der Waals surface area (Å²) in [5.74, 6) is 0.428. The van der Waals surface area contributed by atoms with Crippen LogP contribution < -0.4 is 0 Å². The van der Waals surface area contributed by atoms with Gasteiger partial charge in [0, 0.05) is 6.61 Å². The molecular formula is C14H20O2. The minimum atomic E-state index is -0.351. The van der Waals surface area contributed by atoms with Crippen LogP contribution in [0, 0.1) is 5.92 Å². The third kappa shape index (κ3) is 2.45. The number of ether oxygens (including phenoxy) is 1. The fourth-order valence-corrected chi connectivity index (χ4v) is 2.24. The first-order chi connectivity index (χ1) is 7.83. The molecule has 1 fully saturated rings. The first-order valence-electron chi connectivity index (χ1n) is 6.17. The van der Waals surface area contributed by atoms with Crippen LogP contribution in [-0.2, 0) is 4.74 Å². The zero-order valence-electron chi connectivity index (χ0n) is 9.80. The van der Waals surface area contributed by atoms with Gasteiger partial charge >= 0.3 is 0 Å². The number of aliphatic hydroxyl groups excluding tert-OH is 1. The van der Waals surface area contributed by atoms with Gasteiger partial charge in [-0.2, -0.15) is 0 Å². The third-order valence-corrected chi connectivity index (χ3v) is 3.42. The predicted octanol–water partition coefficient (Wildman–Crippen LogP) is 2.93. The molecule has 88 valence electrons. The van der Waals surface area contributed by atoms with Crippen LogP contribution in [0.4, 0.5) is 0 Å². The average Bonchev–Trinajstić information content (AvgIpc) is 2.24. The lowest BCUT2D eigenvalue weighted by molar-refractivity contribution is -0.0762. The smallest absolute Gasteiger partial charge is 0.109 e. The normalized spacial score (nSPS) is 20.1. The number of hydrogen-bond donors (Lipinski definition) is 1. The van der Waals surface area contributed by atoms with Gasteiger partial charge in [-0.05, 0) is 31.2 Å². The molecule has 2 nitrogen and oxygen atoms in total. The third-order valence-electron chi connectivity index (χ3n) is 3.42. The van der Waals surface area contributed by atoms with E-state index in [1.807, 2.05) is 37.3 Å². The molecule has 2 atom stereocenters. The van der Waals surface area contributed by atoms with Gasteiger partial charge in [-0.25, -0.2) is 0 Å². The minimum absolute atomic E-state index is 0.156. The van der Waals surface area contributed by atoms with Crippen molar-refractivity contribution in [2.24, 2.45) is 5.92 Å². The molecule has 1 aliphatic rings. The van der Waals surface area contributed by atoms with Gasteiger partial charge in [-0.3, -0.25) is 0 Å². The molecule has 0 amide bonds. The molecule has 0 aliphatic heterocycles. The summed E-state index contributed by atoms with van der Waals surface area (Å²) in [7, 11) is 0. The lowest BCUT2D eigenvalue weighted by atomic mass is 9.78. The van der Waals surface area contributed by atoms with E-state index in [9.17, 15) is 5.11 Å². The molecule has 1 aromatic carbocycles. The molecule has 1 N–H and O–H groups in total. The summed E-state index contributed by atoms with van der Waals surface area (Å²) in [4.78, 5) is 0. The summed E-state index contributed by atoms with van der Waals surface area (Å²) in [6.45, 7) is 2.62. The largest absolute Gasteiger partial charge is 0.390 e.